The van der Waals surface area contributed by atoms with Crippen LogP contribution in [-0.4, -0.2) is 45.0 Å². The van der Waals surface area contributed by atoms with Crippen molar-refractivity contribution in [2.24, 2.45) is 0 Å². The van der Waals surface area contributed by atoms with Gasteiger partial charge in [0.1, 0.15) is 11.5 Å². The number of rotatable bonds is 4. The summed E-state index contributed by atoms with van der Waals surface area (Å²) in [4.78, 5) is 22.5. The number of amides is 1. The molecule has 38 heavy (non-hydrogen) atoms. The summed E-state index contributed by atoms with van der Waals surface area (Å²) in [5.41, 5.74) is 7.47. The van der Waals surface area contributed by atoms with E-state index >= 15 is 4.39 Å². The molecular weight excluding hydrogens is 477 g/mol. The van der Waals surface area contributed by atoms with Crippen LogP contribution in [-0.2, 0) is 6.42 Å². The fraction of sp³-hybridized carbons (Fsp3) is 0.323. The number of benzene rings is 2. The minimum absolute atomic E-state index is 0.0179. The quantitative estimate of drug-likeness (QED) is 0.321. The molecular formula is C31H30FN5O. The maximum Gasteiger partial charge on any atom is 0.273 e. The molecule has 2 aliphatic heterocycles. The molecule has 7 rings (SSSR count). The van der Waals surface area contributed by atoms with Crippen molar-refractivity contribution in [3.63, 3.8) is 0 Å². The molecule has 1 aliphatic carbocycles. The second kappa shape index (κ2) is 8.79. The SMILES string of the molecule is C=C1CCN(c2ccc(-c3cc4nc(C(=O)N5CCc6ccccc6C5C)cc(C5CC5)n4n3)c(F)c2)C1. The van der Waals surface area contributed by atoms with Crippen LogP contribution in [0.5, 0.6) is 0 Å². The second-order valence-electron chi connectivity index (χ2n) is 10.8. The van der Waals surface area contributed by atoms with Crippen molar-refractivity contribution in [1.82, 2.24) is 19.5 Å². The van der Waals surface area contributed by atoms with E-state index in [1.54, 1.807) is 22.7 Å². The van der Waals surface area contributed by atoms with Gasteiger partial charge in [-0.05, 0) is 68.0 Å². The Labute approximate surface area is 221 Å². The third-order valence-corrected chi connectivity index (χ3v) is 8.27. The lowest BCUT2D eigenvalue weighted by Gasteiger charge is -2.35. The van der Waals surface area contributed by atoms with E-state index in [-0.39, 0.29) is 17.8 Å². The van der Waals surface area contributed by atoms with E-state index < -0.39 is 0 Å². The Morgan fingerprint density at radius 2 is 1.89 bits per heavy atom. The third kappa shape index (κ3) is 3.88. The van der Waals surface area contributed by atoms with E-state index in [4.69, 9.17) is 10.1 Å². The van der Waals surface area contributed by atoms with Gasteiger partial charge in [-0.3, -0.25) is 4.79 Å². The first-order valence-corrected chi connectivity index (χ1v) is 13.5. The Hall–Kier alpha value is -4.00. The normalized spacial score (nSPS) is 19.3. The zero-order chi connectivity index (χ0) is 26.0. The molecule has 0 radical (unpaired) electrons. The summed E-state index contributed by atoms with van der Waals surface area (Å²) in [5.74, 6) is -0.0369. The van der Waals surface area contributed by atoms with Crippen LogP contribution in [0.15, 0.2) is 66.7 Å². The Morgan fingerprint density at radius 3 is 2.66 bits per heavy atom. The van der Waals surface area contributed by atoms with E-state index in [9.17, 15) is 4.79 Å². The van der Waals surface area contributed by atoms with Gasteiger partial charge in [0.15, 0.2) is 5.65 Å². The number of halogens is 1. The monoisotopic (exact) mass is 507 g/mol. The van der Waals surface area contributed by atoms with E-state index in [2.05, 4.69) is 36.6 Å². The van der Waals surface area contributed by atoms with Crippen molar-refractivity contribution in [3.8, 4) is 11.3 Å². The van der Waals surface area contributed by atoms with Crippen LogP contribution in [0.1, 0.15) is 65.5 Å². The molecule has 0 N–H and O–H groups in total. The van der Waals surface area contributed by atoms with Gasteiger partial charge in [-0.25, -0.2) is 13.9 Å². The highest BCUT2D eigenvalue weighted by molar-refractivity contribution is 5.93. The minimum Gasteiger partial charge on any atom is -0.367 e. The molecule has 1 amide bonds. The lowest BCUT2D eigenvalue weighted by Crippen LogP contribution is -2.39. The molecule has 4 heterocycles. The van der Waals surface area contributed by atoms with Gasteiger partial charge in [-0.15, -0.1) is 0 Å². The van der Waals surface area contributed by atoms with Crippen molar-refractivity contribution >= 4 is 17.2 Å². The first kappa shape index (κ1) is 23.1. The lowest BCUT2D eigenvalue weighted by atomic mass is 9.93. The van der Waals surface area contributed by atoms with Crippen LogP contribution in [0.3, 0.4) is 0 Å². The van der Waals surface area contributed by atoms with Crippen LogP contribution in [0, 0.1) is 5.82 Å². The molecule has 2 fully saturated rings. The summed E-state index contributed by atoms with van der Waals surface area (Å²) in [7, 11) is 0. The Kier molecular flexibility index (Phi) is 5.35. The Bertz CT molecular complexity index is 1600. The van der Waals surface area contributed by atoms with Gasteiger partial charge in [-0.2, -0.15) is 5.10 Å². The maximum atomic E-state index is 15.3. The second-order valence-corrected chi connectivity index (χ2v) is 10.8. The average molecular weight is 508 g/mol. The molecule has 6 nitrogen and oxygen atoms in total. The van der Waals surface area contributed by atoms with Gasteiger partial charge >= 0.3 is 0 Å². The topological polar surface area (TPSA) is 53.7 Å². The molecule has 1 unspecified atom stereocenters. The average Bonchev–Trinajstić information content (AvgIpc) is 3.53. The number of carbonyl (C=O) groups excluding carboxylic acids is 1. The summed E-state index contributed by atoms with van der Waals surface area (Å²) in [6, 6.07) is 17.3. The van der Waals surface area contributed by atoms with Crippen LogP contribution >= 0.6 is 0 Å². The van der Waals surface area contributed by atoms with E-state index in [1.165, 1.54) is 16.7 Å². The Morgan fingerprint density at radius 1 is 1.05 bits per heavy atom. The van der Waals surface area contributed by atoms with E-state index in [1.807, 2.05) is 23.1 Å². The molecule has 2 aromatic carbocycles. The fourth-order valence-electron chi connectivity index (χ4n) is 5.96. The molecule has 1 saturated heterocycles. The van der Waals surface area contributed by atoms with Gasteiger partial charge in [-0.1, -0.05) is 36.4 Å². The van der Waals surface area contributed by atoms with Crippen LogP contribution in [0.4, 0.5) is 10.1 Å². The zero-order valence-electron chi connectivity index (χ0n) is 21.5. The number of aromatic nitrogens is 3. The van der Waals surface area contributed by atoms with Crippen LogP contribution in [0.25, 0.3) is 16.9 Å². The molecule has 1 saturated carbocycles. The summed E-state index contributed by atoms with van der Waals surface area (Å²) >= 11 is 0. The molecule has 0 bridgehead atoms. The van der Waals surface area contributed by atoms with Gasteiger partial charge in [0.2, 0.25) is 0 Å². The highest BCUT2D eigenvalue weighted by atomic mass is 19.1. The fourth-order valence-corrected chi connectivity index (χ4v) is 5.96. The smallest absolute Gasteiger partial charge is 0.273 e. The number of hydrogen-bond donors (Lipinski definition) is 0. The summed E-state index contributed by atoms with van der Waals surface area (Å²) in [5, 5.41) is 4.76. The highest BCUT2D eigenvalue weighted by Gasteiger charge is 2.32. The molecule has 7 heteroatoms. The van der Waals surface area contributed by atoms with Gasteiger partial charge < -0.3 is 9.80 Å². The number of anilines is 1. The summed E-state index contributed by atoms with van der Waals surface area (Å²) < 4.78 is 17.1. The van der Waals surface area contributed by atoms with E-state index in [0.29, 0.717) is 35.1 Å². The van der Waals surface area contributed by atoms with Crippen LogP contribution in [0.2, 0.25) is 0 Å². The molecule has 0 spiro atoms. The predicted molar refractivity (Wildman–Crippen MR) is 146 cm³/mol. The van der Waals surface area contributed by atoms with Crippen molar-refractivity contribution < 1.29 is 9.18 Å². The highest BCUT2D eigenvalue weighted by Crippen LogP contribution is 2.41. The number of hydrogen-bond acceptors (Lipinski definition) is 4. The molecule has 4 aromatic rings. The molecule has 192 valence electrons. The number of carbonyl (C=O) groups is 1. The largest absolute Gasteiger partial charge is 0.367 e. The standard InChI is InChI=1S/C31H30FN5O/c1-19-11-13-35(18-19)23-9-10-25(26(32)15-23)27-17-30-33-28(16-29(22-7-8-22)37(30)34-27)31(38)36-14-12-21-5-3-4-6-24(21)20(36)2/h3-6,9-10,15-17,20,22H,1,7-8,11-14,18H2,2H3. The van der Waals surface area contributed by atoms with Crippen molar-refractivity contribution in [3.05, 3.63) is 95.1 Å². The third-order valence-electron chi connectivity index (χ3n) is 8.27. The minimum atomic E-state index is -0.312. The molecule has 2 aromatic heterocycles. The molecule has 1 atom stereocenters. The van der Waals surface area contributed by atoms with Crippen molar-refractivity contribution in [1.29, 1.82) is 0 Å². The van der Waals surface area contributed by atoms with Crippen molar-refractivity contribution in [2.75, 3.05) is 24.5 Å². The number of fused-ring (bicyclic) bond motifs is 2. The van der Waals surface area contributed by atoms with Gasteiger partial charge in [0.05, 0.1) is 11.7 Å². The summed E-state index contributed by atoms with van der Waals surface area (Å²) in [6.07, 6.45) is 3.88. The number of nitrogens with zero attached hydrogens (tertiary/aromatic N) is 5. The van der Waals surface area contributed by atoms with E-state index in [0.717, 1.165) is 50.2 Å². The first-order chi connectivity index (χ1) is 18.5. The van der Waals surface area contributed by atoms with Crippen LogP contribution < -0.4 is 4.90 Å². The maximum absolute atomic E-state index is 15.3. The lowest BCUT2D eigenvalue weighted by molar-refractivity contribution is 0.0671. The Balaban J connectivity index is 1.24. The zero-order valence-corrected chi connectivity index (χ0v) is 21.5. The predicted octanol–water partition coefficient (Wildman–Crippen LogP) is 5.94. The van der Waals surface area contributed by atoms with Gasteiger partial charge in [0, 0.05) is 48.6 Å². The first-order valence-electron chi connectivity index (χ1n) is 13.5. The molecule has 3 aliphatic rings. The summed E-state index contributed by atoms with van der Waals surface area (Å²) in [6.45, 7) is 8.42. The van der Waals surface area contributed by atoms with Gasteiger partial charge in [0.25, 0.3) is 5.91 Å². The van der Waals surface area contributed by atoms with Crippen molar-refractivity contribution in [2.45, 2.75) is 44.6 Å².